The minimum absolute atomic E-state index is 0.0583. The Hall–Kier alpha value is -2.48. The normalized spacial score (nSPS) is 23.0. The van der Waals surface area contributed by atoms with Crippen LogP contribution in [0.3, 0.4) is 0 Å². The van der Waals surface area contributed by atoms with Gasteiger partial charge >= 0.3 is 0 Å². The average Bonchev–Trinajstić information content (AvgIpc) is 3.24. The molecule has 130 valence electrons. The van der Waals surface area contributed by atoms with E-state index >= 15 is 0 Å². The van der Waals surface area contributed by atoms with Gasteiger partial charge in [0, 0.05) is 12.1 Å². The molecule has 0 unspecified atom stereocenters. The number of nitro benzene ring substituents is 1. The summed E-state index contributed by atoms with van der Waals surface area (Å²) in [4.78, 5) is 10.5. The summed E-state index contributed by atoms with van der Waals surface area (Å²) >= 11 is 0. The summed E-state index contributed by atoms with van der Waals surface area (Å²) in [5.41, 5.74) is 3.97. The number of non-ortho nitro benzene ring substituents is 1. The Labute approximate surface area is 145 Å². The molecule has 1 saturated heterocycles. The van der Waals surface area contributed by atoms with Gasteiger partial charge in [-0.2, -0.15) is 5.10 Å². The van der Waals surface area contributed by atoms with E-state index in [-0.39, 0.29) is 23.2 Å². The van der Waals surface area contributed by atoms with Crippen molar-refractivity contribution in [2.45, 2.75) is 25.3 Å². The Kier molecular flexibility index (Phi) is 3.72. The number of aryl methyl sites for hydroxylation is 1. The zero-order valence-electron chi connectivity index (χ0n) is 13.5. The first-order valence-electron chi connectivity index (χ1n) is 8.15. The molecule has 8 heteroatoms. The molecule has 7 nitrogen and oxygen atoms in total. The highest BCUT2D eigenvalue weighted by Gasteiger charge is 2.33. The van der Waals surface area contributed by atoms with Crippen molar-refractivity contribution in [3.8, 4) is 0 Å². The number of benzene rings is 1. The highest BCUT2D eigenvalue weighted by molar-refractivity contribution is 7.91. The van der Waals surface area contributed by atoms with Crippen LogP contribution in [0.5, 0.6) is 0 Å². The Morgan fingerprint density at radius 3 is 2.88 bits per heavy atom. The first-order chi connectivity index (χ1) is 11.9. The van der Waals surface area contributed by atoms with E-state index in [0.29, 0.717) is 6.42 Å². The summed E-state index contributed by atoms with van der Waals surface area (Å²) in [7, 11) is -2.99. The quantitative estimate of drug-likeness (QED) is 0.620. The third-order valence-corrected chi connectivity index (χ3v) is 6.57. The van der Waals surface area contributed by atoms with Crippen LogP contribution in [0.4, 0.5) is 5.69 Å². The maximum Gasteiger partial charge on any atom is 0.270 e. The minimum Gasteiger partial charge on any atom is -0.261 e. The Morgan fingerprint density at radius 1 is 1.32 bits per heavy atom. The highest BCUT2D eigenvalue weighted by Crippen LogP contribution is 2.37. The van der Waals surface area contributed by atoms with Crippen molar-refractivity contribution in [2.75, 3.05) is 11.5 Å². The number of rotatable bonds is 3. The molecule has 0 amide bonds. The summed E-state index contributed by atoms with van der Waals surface area (Å²) in [6.07, 6.45) is 6.03. The van der Waals surface area contributed by atoms with Gasteiger partial charge in [0.25, 0.3) is 5.69 Å². The fourth-order valence-electron chi connectivity index (χ4n) is 3.64. The molecule has 0 saturated carbocycles. The van der Waals surface area contributed by atoms with E-state index in [1.807, 2.05) is 23.0 Å². The number of hydrogen-bond donors (Lipinski definition) is 0. The van der Waals surface area contributed by atoms with Gasteiger partial charge in [0.15, 0.2) is 9.84 Å². The van der Waals surface area contributed by atoms with Crippen LogP contribution in [0, 0.1) is 10.1 Å². The molecule has 2 aliphatic rings. The summed E-state index contributed by atoms with van der Waals surface area (Å²) in [6, 6.07) is 6.39. The van der Waals surface area contributed by atoms with E-state index < -0.39 is 14.8 Å². The SMILES string of the molecule is O=[N+]([O-])c1cccc(/C=C2\CCc3cnn([C@H]4CCS(=O)(=O)C4)c32)c1. The molecule has 2 aromatic rings. The smallest absolute Gasteiger partial charge is 0.261 e. The predicted octanol–water partition coefficient (Wildman–Crippen LogP) is 2.64. The summed E-state index contributed by atoms with van der Waals surface area (Å²) in [6.45, 7) is 0. The number of nitrogens with zero attached hydrogens (tertiary/aromatic N) is 3. The molecule has 1 aromatic heterocycles. The molecule has 25 heavy (non-hydrogen) atoms. The molecule has 0 N–H and O–H groups in total. The van der Waals surface area contributed by atoms with Crippen molar-refractivity contribution in [1.29, 1.82) is 0 Å². The number of hydrogen-bond acceptors (Lipinski definition) is 5. The molecule has 2 heterocycles. The maximum atomic E-state index is 11.8. The first kappa shape index (κ1) is 16.0. The lowest BCUT2D eigenvalue weighted by Crippen LogP contribution is -2.14. The molecule has 1 aromatic carbocycles. The van der Waals surface area contributed by atoms with Crippen molar-refractivity contribution in [2.24, 2.45) is 0 Å². The van der Waals surface area contributed by atoms with Crippen LogP contribution >= 0.6 is 0 Å². The van der Waals surface area contributed by atoms with Crippen LogP contribution in [-0.2, 0) is 16.3 Å². The fourth-order valence-corrected chi connectivity index (χ4v) is 5.33. The third-order valence-electron chi connectivity index (χ3n) is 4.82. The summed E-state index contributed by atoms with van der Waals surface area (Å²) in [5, 5.41) is 15.4. The Bertz CT molecular complexity index is 991. The minimum atomic E-state index is -2.99. The molecule has 1 fully saturated rings. The molecule has 0 bridgehead atoms. The maximum absolute atomic E-state index is 11.8. The van der Waals surface area contributed by atoms with Crippen LogP contribution in [0.2, 0.25) is 0 Å². The van der Waals surface area contributed by atoms with Crippen molar-refractivity contribution in [3.05, 3.63) is 57.4 Å². The van der Waals surface area contributed by atoms with Gasteiger partial charge in [-0.1, -0.05) is 12.1 Å². The second kappa shape index (κ2) is 5.80. The van der Waals surface area contributed by atoms with E-state index in [1.54, 1.807) is 12.1 Å². The van der Waals surface area contributed by atoms with Gasteiger partial charge in [0.2, 0.25) is 0 Å². The van der Waals surface area contributed by atoms with Crippen molar-refractivity contribution < 1.29 is 13.3 Å². The van der Waals surface area contributed by atoms with E-state index in [2.05, 4.69) is 5.10 Å². The standard InChI is InChI=1S/C17H17N3O4S/c21-20(22)15-3-1-2-12(9-15)8-13-4-5-14-10-18-19(17(13)14)16-6-7-25(23,24)11-16/h1-3,8-10,16H,4-7,11H2/b13-8+/t16-/m0/s1. The van der Waals surface area contributed by atoms with E-state index in [0.717, 1.165) is 35.2 Å². The van der Waals surface area contributed by atoms with Crippen molar-refractivity contribution >= 4 is 27.2 Å². The lowest BCUT2D eigenvalue weighted by Gasteiger charge is -2.13. The zero-order chi connectivity index (χ0) is 17.6. The van der Waals surface area contributed by atoms with Gasteiger partial charge in [-0.3, -0.25) is 14.8 Å². The van der Waals surface area contributed by atoms with Crippen molar-refractivity contribution in [1.82, 2.24) is 9.78 Å². The van der Waals surface area contributed by atoms with Gasteiger partial charge in [0.1, 0.15) is 0 Å². The van der Waals surface area contributed by atoms with Crippen LogP contribution in [-0.4, -0.2) is 34.6 Å². The zero-order valence-corrected chi connectivity index (χ0v) is 14.3. The third kappa shape index (κ3) is 2.97. The topological polar surface area (TPSA) is 95.1 Å². The molecule has 4 rings (SSSR count). The van der Waals surface area contributed by atoms with Gasteiger partial charge in [-0.05, 0) is 42.0 Å². The molecular formula is C17H17N3O4S. The molecule has 1 atom stereocenters. The average molecular weight is 359 g/mol. The van der Waals surface area contributed by atoms with Gasteiger partial charge in [-0.25, -0.2) is 8.42 Å². The predicted molar refractivity (Wildman–Crippen MR) is 93.8 cm³/mol. The summed E-state index contributed by atoms with van der Waals surface area (Å²) in [5.74, 6) is 0.335. The Morgan fingerprint density at radius 2 is 2.16 bits per heavy atom. The van der Waals surface area contributed by atoms with E-state index in [9.17, 15) is 18.5 Å². The second-order valence-corrected chi connectivity index (χ2v) is 8.77. The monoisotopic (exact) mass is 359 g/mol. The van der Waals surface area contributed by atoms with Gasteiger partial charge < -0.3 is 0 Å². The lowest BCUT2D eigenvalue weighted by molar-refractivity contribution is -0.384. The molecule has 0 spiro atoms. The number of aromatic nitrogens is 2. The van der Waals surface area contributed by atoms with Crippen LogP contribution in [0.15, 0.2) is 30.5 Å². The molecule has 1 aliphatic carbocycles. The van der Waals surface area contributed by atoms with Crippen molar-refractivity contribution in [3.63, 3.8) is 0 Å². The van der Waals surface area contributed by atoms with Crippen LogP contribution < -0.4 is 0 Å². The lowest BCUT2D eigenvalue weighted by atomic mass is 10.1. The van der Waals surface area contributed by atoms with E-state index in [1.165, 1.54) is 6.07 Å². The number of nitro groups is 1. The second-order valence-electron chi connectivity index (χ2n) is 6.54. The van der Waals surface area contributed by atoms with Crippen LogP contribution in [0.1, 0.15) is 35.7 Å². The number of sulfone groups is 1. The fraction of sp³-hybridized carbons (Fsp3) is 0.353. The molecule has 0 radical (unpaired) electrons. The van der Waals surface area contributed by atoms with Gasteiger partial charge in [0.05, 0.1) is 34.4 Å². The molecular weight excluding hydrogens is 342 g/mol. The van der Waals surface area contributed by atoms with Gasteiger partial charge in [-0.15, -0.1) is 0 Å². The largest absolute Gasteiger partial charge is 0.270 e. The first-order valence-corrected chi connectivity index (χ1v) is 9.97. The summed E-state index contributed by atoms with van der Waals surface area (Å²) < 4.78 is 25.4. The number of allylic oxidation sites excluding steroid dienone is 1. The Balaban J connectivity index is 1.71. The van der Waals surface area contributed by atoms with E-state index in [4.69, 9.17) is 0 Å². The number of fused-ring (bicyclic) bond motifs is 1. The molecule has 1 aliphatic heterocycles. The highest BCUT2D eigenvalue weighted by atomic mass is 32.2. The van der Waals surface area contributed by atoms with Crippen LogP contribution in [0.25, 0.3) is 11.6 Å².